The Morgan fingerprint density at radius 1 is 0.358 bits per heavy atom. The third-order valence-corrected chi connectivity index (χ3v) is 16.5. The minimum Gasteiger partial charge on any atom is -0.462 e. The molecule has 0 radical (unpaired) electrons. The van der Waals surface area contributed by atoms with E-state index in [0.29, 0.717) is 25.7 Å². The van der Waals surface area contributed by atoms with Crippen LogP contribution in [0.25, 0.3) is 0 Å². The summed E-state index contributed by atoms with van der Waals surface area (Å²) in [6, 6.07) is 0. The van der Waals surface area contributed by atoms with Gasteiger partial charge in [0, 0.05) is 25.7 Å². The van der Waals surface area contributed by atoms with E-state index in [1.165, 1.54) is 109 Å². The lowest BCUT2D eigenvalue weighted by Crippen LogP contribution is -2.30. The van der Waals surface area contributed by atoms with Gasteiger partial charge in [-0.3, -0.25) is 37.3 Å². The van der Waals surface area contributed by atoms with Crippen LogP contribution in [0.15, 0.2) is 0 Å². The second-order valence-electron chi connectivity index (χ2n) is 23.2. The van der Waals surface area contributed by atoms with Crippen LogP contribution in [0.4, 0.5) is 0 Å². The number of carbonyl (C=O) groups excluding carboxylic acids is 4. The van der Waals surface area contributed by atoms with Gasteiger partial charge in [0.25, 0.3) is 0 Å². The lowest BCUT2D eigenvalue weighted by atomic mass is 10.00. The van der Waals surface area contributed by atoms with Crippen LogP contribution in [0, 0.1) is 11.8 Å². The summed E-state index contributed by atoms with van der Waals surface area (Å²) in [5, 5.41) is 10.5. The lowest BCUT2D eigenvalue weighted by Gasteiger charge is -2.21. The predicted octanol–water partition coefficient (Wildman–Crippen LogP) is 16.9. The molecule has 0 saturated carbocycles. The number of hydrogen-bond acceptors (Lipinski definition) is 15. The van der Waals surface area contributed by atoms with Crippen LogP contribution < -0.4 is 0 Å². The van der Waals surface area contributed by atoms with Crippen molar-refractivity contribution in [1.82, 2.24) is 0 Å². The topological polar surface area (TPSA) is 237 Å². The van der Waals surface area contributed by atoms with Crippen molar-refractivity contribution in [3.05, 3.63) is 0 Å². The molecule has 0 heterocycles. The minimum absolute atomic E-state index is 0.102. The van der Waals surface area contributed by atoms with Gasteiger partial charge in [0.15, 0.2) is 12.2 Å². The number of rotatable bonds is 61. The van der Waals surface area contributed by atoms with Crippen molar-refractivity contribution in [3.63, 3.8) is 0 Å². The zero-order valence-electron chi connectivity index (χ0n) is 52.1. The molecule has 0 fully saturated rings. The number of phosphoric ester groups is 2. The van der Waals surface area contributed by atoms with Gasteiger partial charge < -0.3 is 33.8 Å². The van der Waals surface area contributed by atoms with Crippen LogP contribution in [0.1, 0.15) is 305 Å². The molecule has 81 heavy (non-hydrogen) atoms. The molecule has 0 aromatic rings. The summed E-state index contributed by atoms with van der Waals surface area (Å²) < 4.78 is 67.8. The first-order valence-electron chi connectivity index (χ1n) is 32.5. The van der Waals surface area contributed by atoms with Gasteiger partial charge in [-0.15, -0.1) is 0 Å². The predicted molar refractivity (Wildman–Crippen MR) is 321 cm³/mol. The second-order valence-corrected chi connectivity index (χ2v) is 26.1. The van der Waals surface area contributed by atoms with E-state index in [1.807, 2.05) is 0 Å². The third-order valence-electron chi connectivity index (χ3n) is 14.6. The van der Waals surface area contributed by atoms with E-state index in [1.54, 1.807) is 0 Å². The maximum atomic E-state index is 13.0. The monoisotopic (exact) mass is 1200 g/mol. The molecule has 480 valence electrons. The standard InChI is InChI=1S/C62H120O17P2/c1-7-10-12-14-16-17-18-19-20-21-27-34-40-46-61(66)78-57(51-73-60(65)45-39-33-26-23-22-25-30-36-42-54(4)5)52-76-80(68,69)74-48-56(63)49-75-81(70,71)77-53-58(50-72-59(64)44-38-32-24-15-13-11-8-2)79-62(67)47-41-35-29-28-31-37-43-55(6)9-3/h54-58,63H,7-53H2,1-6H3,(H,68,69)(H,70,71)/t55?,56-,57-,58-/m1/s1. The molecule has 19 heteroatoms. The molecule has 0 aliphatic heterocycles. The first kappa shape index (κ1) is 79.1. The molecular weight excluding hydrogens is 1080 g/mol. The quantitative estimate of drug-likeness (QED) is 0.0222. The van der Waals surface area contributed by atoms with Gasteiger partial charge in [-0.2, -0.15) is 0 Å². The second kappa shape index (κ2) is 54.7. The average molecular weight is 1200 g/mol. The maximum Gasteiger partial charge on any atom is 0.472 e. The molecule has 17 nitrogen and oxygen atoms in total. The van der Waals surface area contributed by atoms with Gasteiger partial charge in [-0.1, -0.05) is 253 Å². The summed E-state index contributed by atoms with van der Waals surface area (Å²) in [4.78, 5) is 72.0. The highest BCUT2D eigenvalue weighted by atomic mass is 31.2. The normalized spacial score (nSPS) is 14.7. The molecule has 0 spiro atoms. The highest BCUT2D eigenvalue weighted by Crippen LogP contribution is 2.45. The van der Waals surface area contributed by atoms with Gasteiger partial charge in [0.2, 0.25) is 0 Å². The van der Waals surface area contributed by atoms with Crippen molar-refractivity contribution < 1.29 is 80.2 Å². The van der Waals surface area contributed by atoms with Crippen molar-refractivity contribution in [2.24, 2.45) is 11.8 Å². The van der Waals surface area contributed by atoms with Crippen LogP contribution in [0.3, 0.4) is 0 Å². The Balaban J connectivity index is 5.23. The number of aliphatic hydroxyl groups is 1. The molecule has 6 atom stereocenters. The average Bonchev–Trinajstić information content (AvgIpc) is 3.43. The van der Waals surface area contributed by atoms with E-state index in [0.717, 1.165) is 115 Å². The first-order valence-corrected chi connectivity index (χ1v) is 35.5. The Hall–Kier alpha value is -1.94. The van der Waals surface area contributed by atoms with Gasteiger partial charge in [0.1, 0.15) is 19.3 Å². The van der Waals surface area contributed by atoms with Crippen molar-refractivity contribution in [2.75, 3.05) is 39.6 Å². The number of carbonyl (C=O) groups is 4. The maximum absolute atomic E-state index is 13.0. The SMILES string of the molecule is CCCCCCCCCCCCCCCC(=O)O[C@H](COC(=O)CCCCCCCCCCC(C)C)COP(=O)(O)OC[C@@H](O)COP(=O)(O)OC[C@@H](COC(=O)CCCCCCCCC)OC(=O)CCCCCCCCC(C)CC. The zero-order valence-corrected chi connectivity index (χ0v) is 53.9. The molecule has 0 aliphatic rings. The Morgan fingerprint density at radius 2 is 0.630 bits per heavy atom. The van der Waals surface area contributed by atoms with Gasteiger partial charge in [0.05, 0.1) is 26.4 Å². The first-order chi connectivity index (χ1) is 38.9. The summed E-state index contributed by atoms with van der Waals surface area (Å²) in [7, 11) is -9.88. The van der Waals surface area contributed by atoms with E-state index < -0.39 is 97.5 Å². The molecule has 0 amide bonds. The summed E-state index contributed by atoms with van der Waals surface area (Å²) in [5.74, 6) is -0.696. The summed E-state index contributed by atoms with van der Waals surface area (Å²) in [6.07, 6.45) is 36.3. The number of esters is 4. The number of phosphoric acid groups is 2. The Morgan fingerprint density at radius 3 is 0.938 bits per heavy atom. The fraction of sp³-hybridized carbons (Fsp3) is 0.935. The Bertz CT molecular complexity index is 1600. The highest BCUT2D eigenvalue weighted by Gasteiger charge is 2.30. The van der Waals surface area contributed by atoms with Crippen molar-refractivity contribution in [2.45, 2.75) is 323 Å². The van der Waals surface area contributed by atoms with Gasteiger partial charge >= 0.3 is 39.5 Å². The number of hydrogen-bond donors (Lipinski definition) is 3. The number of aliphatic hydroxyl groups excluding tert-OH is 1. The van der Waals surface area contributed by atoms with Crippen molar-refractivity contribution >= 4 is 39.5 Å². The Kier molecular flexibility index (Phi) is 53.4. The molecule has 0 rings (SSSR count). The third kappa shape index (κ3) is 55.7. The van der Waals surface area contributed by atoms with Crippen molar-refractivity contribution in [1.29, 1.82) is 0 Å². The molecule has 0 bridgehead atoms. The summed E-state index contributed by atoms with van der Waals surface area (Å²) >= 11 is 0. The van der Waals surface area contributed by atoms with E-state index in [4.69, 9.17) is 37.0 Å². The van der Waals surface area contributed by atoms with E-state index in [-0.39, 0.29) is 25.7 Å². The fourth-order valence-corrected chi connectivity index (χ4v) is 10.7. The van der Waals surface area contributed by atoms with Crippen LogP contribution in [-0.4, -0.2) is 96.7 Å². The number of ether oxygens (including phenoxy) is 4. The molecule has 0 saturated heterocycles. The van der Waals surface area contributed by atoms with Crippen molar-refractivity contribution in [3.8, 4) is 0 Å². The molecule has 3 unspecified atom stereocenters. The molecule has 0 aromatic carbocycles. The summed E-state index contributed by atoms with van der Waals surface area (Å²) in [5.41, 5.74) is 0. The Labute approximate surface area is 492 Å². The molecule has 3 N–H and O–H groups in total. The van der Waals surface area contributed by atoms with Gasteiger partial charge in [-0.05, 0) is 37.5 Å². The van der Waals surface area contributed by atoms with E-state index in [2.05, 4.69) is 41.5 Å². The van der Waals surface area contributed by atoms with Crippen LogP contribution in [0.2, 0.25) is 0 Å². The molecule has 0 aliphatic carbocycles. The molecular formula is C62H120O17P2. The smallest absolute Gasteiger partial charge is 0.462 e. The van der Waals surface area contributed by atoms with E-state index >= 15 is 0 Å². The zero-order chi connectivity index (χ0) is 60.1. The molecule has 0 aromatic heterocycles. The van der Waals surface area contributed by atoms with Crippen LogP contribution in [0.5, 0.6) is 0 Å². The van der Waals surface area contributed by atoms with Crippen LogP contribution in [-0.2, 0) is 65.4 Å². The highest BCUT2D eigenvalue weighted by molar-refractivity contribution is 7.47. The largest absolute Gasteiger partial charge is 0.472 e. The number of unbranched alkanes of at least 4 members (excludes halogenated alkanes) is 30. The lowest BCUT2D eigenvalue weighted by molar-refractivity contribution is -0.161. The fourth-order valence-electron chi connectivity index (χ4n) is 9.15. The van der Waals surface area contributed by atoms with Gasteiger partial charge in [-0.25, -0.2) is 9.13 Å². The van der Waals surface area contributed by atoms with E-state index in [9.17, 15) is 43.2 Å². The minimum atomic E-state index is -4.94. The van der Waals surface area contributed by atoms with Crippen LogP contribution >= 0.6 is 15.6 Å². The summed E-state index contributed by atoms with van der Waals surface area (Å²) in [6.45, 7) is 9.36.